The molecule has 0 fully saturated rings. The molecule has 0 radical (unpaired) electrons. The summed E-state index contributed by atoms with van der Waals surface area (Å²) >= 11 is 0. The second-order valence-corrected chi connectivity index (χ2v) is 4.37. The van der Waals surface area contributed by atoms with Gasteiger partial charge in [0, 0.05) is 12.0 Å². The molecule has 1 heterocycles. The number of imidazole rings is 1. The largest absolute Gasteiger partial charge is 0.382 e. The molecule has 0 atom stereocenters. The summed E-state index contributed by atoms with van der Waals surface area (Å²) in [4.78, 5) is 4.34. The van der Waals surface area contributed by atoms with E-state index in [-0.39, 0.29) is 5.82 Å². The summed E-state index contributed by atoms with van der Waals surface area (Å²) in [5.41, 5.74) is 7.66. The van der Waals surface area contributed by atoms with Crippen LogP contribution in [0.1, 0.15) is 24.7 Å². The van der Waals surface area contributed by atoms with Crippen LogP contribution >= 0.6 is 0 Å². The number of hydrogen-bond donors (Lipinski definition) is 2. The number of halogens is 1. The summed E-state index contributed by atoms with van der Waals surface area (Å²) in [5.74, 6) is 6.45. The van der Waals surface area contributed by atoms with Crippen molar-refractivity contribution in [3.05, 3.63) is 35.4 Å². The van der Waals surface area contributed by atoms with Gasteiger partial charge in [0.05, 0.1) is 0 Å². The van der Waals surface area contributed by atoms with Crippen LogP contribution in [0.5, 0.6) is 0 Å². The van der Waals surface area contributed by atoms with Gasteiger partial charge >= 0.3 is 0 Å². The first-order chi connectivity index (χ1) is 8.54. The van der Waals surface area contributed by atoms with Gasteiger partial charge in [0.15, 0.2) is 5.82 Å². The number of hydrogen-bond acceptors (Lipinski definition) is 3. The Bertz CT molecular complexity index is 575. The van der Waals surface area contributed by atoms with Gasteiger partial charge in [-0.05, 0) is 25.5 Å². The van der Waals surface area contributed by atoms with Gasteiger partial charge in [-0.3, -0.25) is 0 Å². The third-order valence-corrected chi connectivity index (χ3v) is 2.87. The molecule has 0 saturated carbocycles. The molecule has 0 unspecified atom stereocenters. The van der Waals surface area contributed by atoms with E-state index in [0.717, 1.165) is 12.0 Å². The number of nitrogens with zero attached hydrogens (tertiary/aromatic N) is 2. The number of nitrogens with two attached hydrogens (primary N) is 2. The highest BCUT2D eigenvalue weighted by molar-refractivity contribution is 5.72. The smallest absolute Gasteiger partial charge is 0.150 e. The molecule has 1 aromatic carbocycles. The fourth-order valence-electron chi connectivity index (χ4n) is 1.91. The number of aromatic nitrogens is 2. The van der Waals surface area contributed by atoms with Gasteiger partial charge in [0.25, 0.3) is 0 Å². The molecule has 0 aliphatic carbocycles. The van der Waals surface area contributed by atoms with Crippen LogP contribution in [0.25, 0.3) is 11.3 Å². The highest BCUT2D eigenvalue weighted by Crippen LogP contribution is 2.28. The van der Waals surface area contributed by atoms with Crippen molar-refractivity contribution >= 4 is 5.82 Å². The van der Waals surface area contributed by atoms with Crippen molar-refractivity contribution in [2.24, 2.45) is 0 Å². The van der Waals surface area contributed by atoms with Gasteiger partial charge in [-0.1, -0.05) is 18.6 Å². The quantitative estimate of drug-likeness (QED) is 0.818. The van der Waals surface area contributed by atoms with Crippen molar-refractivity contribution in [1.29, 1.82) is 0 Å². The highest BCUT2D eigenvalue weighted by Gasteiger charge is 2.17. The SMILES string of the molecule is CCCc1nc(-c2cc(C)ccc2F)c(N)n1N. The summed E-state index contributed by atoms with van der Waals surface area (Å²) in [7, 11) is 0. The lowest BCUT2D eigenvalue weighted by molar-refractivity contribution is 0.630. The minimum atomic E-state index is -0.339. The summed E-state index contributed by atoms with van der Waals surface area (Å²) in [5, 5.41) is 0. The average Bonchev–Trinajstić information content (AvgIpc) is 2.61. The lowest BCUT2D eigenvalue weighted by Crippen LogP contribution is -2.15. The fourth-order valence-corrected chi connectivity index (χ4v) is 1.91. The lowest BCUT2D eigenvalue weighted by atomic mass is 10.1. The Morgan fingerprint density at radius 1 is 1.39 bits per heavy atom. The highest BCUT2D eigenvalue weighted by atomic mass is 19.1. The van der Waals surface area contributed by atoms with Crippen LogP contribution in [0.4, 0.5) is 10.2 Å². The maximum Gasteiger partial charge on any atom is 0.150 e. The monoisotopic (exact) mass is 248 g/mol. The normalized spacial score (nSPS) is 10.8. The molecule has 4 nitrogen and oxygen atoms in total. The molecule has 0 aliphatic rings. The molecule has 0 bridgehead atoms. The van der Waals surface area contributed by atoms with Gasteiger partial charge in [-0.15, -0.1) is 0 Å². The minimum Gasteiger partial charge on any atom is -0.382 e. The molecular formula is C13H17FN4. The van der Waals surface area contributed by atoms with E-state index in [2.05, 4.69) is 4.98 Å². The maximum atomic E-state index is 13.8. The maximum absolute atomic E-state index is 13.8. The van der Waals surface area contributed by atoms with Crippen LogP contribution in [0, 0.1) is 12.7 Å². The lowest BCUT2D eigenvalue weighted by Gasteiger charge is -2.03. The number of rotatable bonds is 3. The topological polar surface area (TPSA) is 69.9 Å². The number of anilines is 1. The summed E-state index contributed by atoms with van der Waals surface area (Å²) in [6, 6.07) is 4.85. The van der Waals surface area contributed by atoms with Crippen molar-refractivity contribution in [1.82, 2.24) is 9.66 Å². The van der Waals surface area contributed by atoms with Crippen molar-refractivity contribution < 1.29 is 4.39 Å². The second-order valence-electron chi connectivity index (χ2n) is 4.37. The molecule has 2 rings (SSSR count). The van der Waals surface area contributed by atoms with Crippen molar-refractivity contribution in [2.75, 3.05) is 11.6 Å². The molecule has 96 valence electrons. The number of aryl methyl sites for hydroxylation is 2. The molecule has 0 spiro atoms. The van der Waals surface area contributed by atoms with E-state index < -0.39 is 0 Å². The van der Waals surface area contributed by atoms with Gasteiger partial charge in [-0.25, -0.2) is 14.1 Å². The Kier molecular flexibility index (Phi) is 3.23. The predicted molar refractivity (Wildman–Crippen MR) is 70.9 cm³/mol. The van der Waals surface area contributed by atoms with Crippen molar-refractivity contribution in [3.63, 3.8) is 0 Å². The van der Waals surface area contributed by atoms with E-state index in [9.17, 15) is 4.39 Å². The summed E-state index contributed by atoms with van der Waals surface area (Å²) in [6.45, 7) is 3.92. The number of nitrogen functional groups attached to an aromatic ring is 2. The zero-order valence-corrected chi connectivity index (χ0v) is 10.6. The summed E-state index contributed by atoms with van der Waals surface area (Å²) < 4.78 is 15.2. The van der Waals surface area contributed by atoms with Crippen LogP contribution in [0.15, 0.2) is 18.2 Å². The van der Waals surface area contributed by atoms with Gasteiger partial charge in [0.1, 0.15) is 17.3 Å². The first-order valence-electron chi connectivity index (χ1n) is 5.93. The zero-order valence-electron chi connectivity index (χ0n) is 10.6. The van der Waals surface area contributed by atoms with Gasteiger partial charge < -0.3 is 11.6 Å². The van der Waals surface area contributed by atoms with Crippen LogP contribution in [0.3, 0.4) is 0 Å². The standard InChI is InChI=1S/C13H17FN4/c1-3-4-11-17-12(13(15)18(11)16)9-7-8(2)5-6-10(9)14/h5-7H,3-4,15-16H2,1-2H3. The minimum absolute atomic E-state index is 0.294. The van der Waals surface area contributed by atoms with E-state index in [1.807, 2.05) is 13.8 Å². The molecule has 4 N–H and O–H groups in total. The van der Waals surface area contributed by atoms with Gasteiger partial charge in [0.2, 0.25) is 0 Å². The predicted octanol–water partition coefficient (Wildman–Crippen LogP) is 2.25. The molecule has 0 amide bonds. The van der Waals surface area contributed by atoms with Gasteiger partial charge in [-0.2, -0.15) is 0 Å². The number of benzene rings is 1. The second kappa shape index (κ2) is 4.68. The molecular weight excluding hydrogens is 231 g/mol. The fraction of sp³-hybridized carbons (Fsp3) is 0.308. The Hall–Kier alpha value is -2.04. The molecule has 1 aromatic heterocycles. The van der Waals surface area contributed by atoms with E-state index in [0.29, 0.717) is 29.3 Å². The zero-order chi connectivity index (χ0) is 13.3. The Labute approximate surface area is 105 Å². The molecule has 5 heteroatoms. The first-order valence-corrected chi connectivity index (χ1v) is 5.93. The van der Waals surface area contributed by atoms with E-state index in [1.54, 1.807) is 12.1 Å². The van der Waals surface area contributed by atoms with Crippen molar-refractivity contribution in [3.8, 4) is 11.3 Å². The molecule has 2 aromatic rings. The average molecular weight is 248 g/mol. The Morgan fingerprint density at radius 3 is 2.78 bits per heavy atom. The van der Waals surface area contributed by atoms with Crippen LogP contribution in [0.2, 0.25) is 0 Å². The van der Waals surface area contributed by atoms with E-state index in [1.165, 1.54) is 10.7 Å². The molecule has 0 aliphatic heterocycles. The Balaban J connectivity index is 2.57. The van der Waals surface area contributed by atoms with Crippen LogP contribution < -0.4 is 11.6 Å². The van der Waals surface area contributed by atoms with E-state index in [4.69, 9.17) is 11.6 Å². The summed E-state index contributed by atoms with van der Waals surface area (Å²) in [6.07, 6.45) is 1.62. The molecule has 0 saturated heterocycles. The van der Waals surface area contributed by atoms with Crippen LogP contribution in [-0.4, -0.2) is 9.66 Å². The molecule has 18 heavy (non-hydrogen) atoms. The third-order valence-electron chi connectivity index (χ3n) is 2.87. The first kappa shape index (κ1) is 12.4. The van der Waals surface area contributed by atoms with Crippen LogP contribution in [-0.2, 0) is 6.42 Å². The third kappa shape index (κ3) is 2.03. The van der Waals surface area contributed by atoms with Crippen molar-refractivity contribution in [2.45, 2.75) is 26.7 Å². The Morgan fingerprint density at radius 2 is 2.11 bits per heavy atom. The van der Waals surface area contributed by atoms with E-state index >= 15 is 0 Å².